The van der Waals surface area contributed by atoms with Gasteiger partial charge in [-0.3, -0.25) is 0 Å². The molecule has 1 aromatic heterocycles. The van der Waals surface area contributed by atoms with Gasteiger partial charge in [-0.25, -0.2) is 4.98 Å². The highest BCUT2D eigenvalue weighted by Gasteiger charge is 2.14. The minimum atomic E-state index is 0.327. The van der Waals surface area contributed by atoms with Crippen LogP contribution in [0.3, 0.4) is 0 Å². The fourth-order valence-electron chi connectivity index (χ4n) is 2.46. The number of aromatic nitrogens is 2. The first-order chi connectivity index (χ1) is 10.3. The number of benzene rings is 1. The van der Waals surface area contributed by atoms with E-state index in [1.165, 1.54) is 10.5 Å². The molecule has 0 fully saturated rings. The lowest BCUT2D eigenvalue weighted by atomic mass is 10.0. The summed E-state index contributed by atoms with van der Waals surface area (Å²) in [6.07, 6.45) is 8.14. The maximum Gasteiger partial charge on any atom is 0.110 e. The molecule has 21 heavy (non-hydrogen) atoms. The van der Waals surface area contributed by atoms with Gasteiger partial charge < -0.3 is 9.88 Å². The van der Waals surface area contributed by atoms with Crippen molar-refractivity contribution in [3.63, 3.8) is 0 Å². The van der Waals surface area contributed by atoms with Crippen molar-refractivity contribution >= 4 is 11.8 Å². The van der Waals surface area contributed by atoms with Gasteiger partial charge in [-0.15, -0.1) is 11.8 Å². The zero-order valence-corrected chi connectivity index (χ0v) is 14.0. The average molecular weight is 303 g/mol. The topological polar surface area (TPSA) is 29.9 Å². The minimum Gasteiger partial charge on any atom is -0.335 e. The van der Waals surface area contributed by atoms with Crippen LogP contribution in [-0.4, -0.2) is 22.4 Å². The predicted octanol–water partition coefficient (Wildman–Crippen LogP) is 3.91. The highest BCUT2D eigenvalue weighted by molar-refractivity contribution is 7.98. The van der Waals surface area contributed by atoms with Crippen molar-refractivity contribution in [2.45, 2.75) is 44.2 Å². The van der Waals surface area contributed by atoms with Gasteiger partial charge in [0.1, 0.15) is 5.82 Å². The van der Waals surface area contributed by atoms with E-state index in [4.69, 9.17) is 0 Å². The SMILES string of the molecule is CCCNC(Cc1nccn1CC)c1ccc(SC)cc1. The number of aryl methyl sites for hydroxylation is 1. The summed E-state index contributed by atoms with van der Waals surface area (Å²) >= 11 is 1.78. The normalized spacial score (nSPS) is 12.5. The van der Waals surface area contributed by atoms with Crippen LogP contribution < -0.4 is 5.32 Å². The summed E-state index contributed by atoms with van der Waals surface area (Å²) in [5.74, 6) is 1.15. The second-order valence-corrected chi connectivity index (χ2v) is 5.99. The summed E-state index contributed by atoms with van der Waals surface area (Å²) in [4.78, 5) is 5.82. The first-order valence-electron chi connectivity index (χ1n) is 7.65. The van der Waals surface area contributed by atoms with Crippen LogP contribution in [-0.2, 0) is 13.0 Å². The van der Waals surface area contributed by atoms with E-state index in [0.717, 1.165) is 31.8 Å². The number of thioether (sulfide) groups is 1. The fraction of sp³-hybridized carbons (Fsp3) is 0.471. The Hall–Kier alpha value is -1.26. The molecule has 4 heteroatoms. The second-order valence-electron chi connectivity index (χ2n) is 5.11. The molecule has 1 heterocycles. The molecule has 0 spiro atoms. The van der Waals surface area contributed by atoms with Gasteiger partial charge in [0.05, 0.1) is 0 Å². The standard InChI is InChI=1S/C17H25N3S/c1-4-10-18-16(13-17-19-11-12-20(17)5-2)14-6-8-15(21-3)9-7-14/h6-9,11-12,16,18H,4-5,10,13H2,1-3H3. The van der Waals surface area contributed by atoms with Gasteiger partial charge in [0.2, 0.25) is 0 Å². The molecule has 2 rings (SSSR count). The fourth-order valence-corrected chi connectivity index (χ4v) is 2.87. The molecule has 2 aromatic rings. The molecular formula is C17H25N3S. The number of nitrogens with one attached hydrogen (secondary N) is 1. The Labute approximate surface area is 132 Å². The van der Waals surface area contributed by atoms with Crippen LogP contribution in [0.15, 0.2) is 41.6 Å². The van der Waals surface area contributed by atoms with Crippen molar-refractivity contribution in [3.05, 3.63) is 48.0 Å². The Balaban J connectivity index is 2.16. The number of hydrogen-bond acceptors (Lipinski definition) is 3. The first kappa shape index (κ1) is 16.1. The van der Waals surface area contributed by atoms with Gasteiger partial charge in [0.25, 0.3) is 0 Å². The number of nitrogens with zero attached hydrogens (tertiary/aromatic N) is 2. The Kier molecular flexibility index (Phi) is 6.33. The lowest BCUT2D eigenvalue weighted by Gasteiger charge is -2.19. The van der Waals surface area contributed by atoms with E-state index >= 15 is 0 Å². The third kappa shape index (κ3) is 4.35. The molecule has 0 amide bonds. The van der Waals surface area contributed by atoms with E-state index in [-0.39, 0.29) is 0 Å². The van der Waals surface area contributed by atoms with Gasteiger partial charge in [-0.05, 0) is 43.8 Å². The van der Waals surface area contributed by atoms with Crippen molar-refractivity contribution in [3.8, 4) is 0 Å². The van der Waals surface area contributed by atoms with Crippen LogP contribution in [0, 0.1) is 0 Å². The third-order valence-corrected chi connectivity index (χ3v) is 4.43. The highest BCUT2D eigenvalue weighted by Crippen LogP contribution is 2.22. The molecule has 1 atom stereocenters. The molecule has 0 aliphatic carbocycles. The molecule has 114 valence electrons. The van der Waals surface area contributed by atoms with Crippen molar-refractivity contribution in [2.24, 2.45) is 0 Å². The van der Waals surface area contributed by atoms with Gasteiger partial charge in [-0.1, -0.05) is 19.1 Å². The molecule has 0 saturated carbocycles. The van der Waals surface area contributed by atoms with Crippen LogP contribution in [0.1, 0.15) is 37.7 Å². The van der Waals surface area contributed by atoms with Crippen LogP contribution in [0.5, 0.6) is 0 Å². The quantitative estimate of drug-likeness (QED) is 0.750. The lowest BCUT2D eigenvalue weighted by molar-refractivity contribution is 0.506. The van der Waals surface area contributed by atoms with Crippen molar-refractivity contribution in [1.29, 1.82) is 0 Å². The molecule has 0 bridgehead atoms. The van der Waals surface area contributed by atoms with Crippen molar-refractivity contribution < 1.29 is 0 Å². The van der Waals surface area contributed by atoms with E-state index in [1.807, 2.05) is 6.20 Å². The number of imidazole rings is 1. The lowest BCUT2D eigenvalue weighted by Crippen LogP contribution is -2.25. The van der Waals surface area contributed by atoms with E-state index in [1.54, 1.807) is 11.8 Å². The molecule has 0 saturated heterocycles. The smallest absolute Gasteiger partial charge is 0.110 e. The molecule has 3 nitrogen and oxygen atoms in total. The largest absolute Gasteiger partial charge is 0.335 e. The average Bonchev–Trinajstić information content (AvgIpc) is 2.98. The molecule has 1 unspecified atom stereocenters. The summed E-state index contributed by atoms with van der Waals surface area (Å²) in [6, 6.07) is 9.20. The van der Waals surface area contributed by atoms with E-state index in [9.17, 15) is 0 Å². The molecule has 1 N–H and O–H groups in total. The Morgan fingerprint density at radius 2 is 2.00 bits per heavy atom. The third-order valence-electron chi connectivity index (χ3n) is 3.69. The van der Waals surface area contributed by atoms with Crippen LogP contribution in [0.4, 0.5) is 0 Å². The van der Waals surface area contributed by atoms with E-state index < -0.39 is 0 Å². The summed E-state index contributed by atoms with van der Waals surface area (Å²) in [5, 5.41) is 3.65. The van der Waals surface area contributed by atoms with Crippen molar-refractivity contribution in [2.75, 3.05) is 12.8 Å². The number of hydrogen-bond donors (Lipinski definition) is 1. The maximum absolute atomic E-state index is 4.51. The zero-order chi connectivity index (χ0) is 15.1. The highest BCUT2D eigenvalue weighted by atomic mass is 32.2. The van der Waals surface area contributed by atoms with Crippen LogP contribution in [0.25, 0.3) is 0 Å². The first-order valence-corrected chi connectivity index (χ1v) is 8.88. The summed E-state index contributed by atoms with van der Waals surface area (Å²) in [6.45, 7) is 6.36. The van der Waals surface area contributed by atoms with Gasteiger partial charge in [0.15, 0.2) is 0 Å². The van der Waals surface area contributed by atoms with Crippen molar-refractivity contribution in [1.82, 2.24) is 14.9 Å². The Morgan fingerprint density at radius 1 is 1.24 bits per heavy atom. The molecular weight excluding hydrogens is 278 g/mol. The zero-order valence-electron chi connectivity index (χ0n) is 13.2. The van der Waals surface area contributed by atoms with Crippen LogP contribution in [0.2, 0.25) is 0 Å². The summed E-state index contributed by atoms with van der Waals surface area (Å²) in [7, 11) is 0. The van der Waals surface area contributed by atoms with E-state index in [2.05, 4.69) is 65.4 Å². The maximum atomic E-state index is 4.51. The molecule has 1 aromatic carbocycles. The van der Waals surface area contributed by atoms with E-state index in [0.29, 0.717) is 6.04 Å². The molecule has 0 radical (unpaired) electrons. The summed E-state index contributed by atoms with van der Waals surface area (Å²) in [5.41, 5.74) is 1.34. The van der Waals surface area contributed by atoms with Gasteiger partial charge >= 0.3 is 0 Å². The minimum absolute atomic E-state index is 0.327. The monoisotopic (exact) mass is 303 g/mol. The predicted molar refractivity (Wildman–Crippen MR) is 90.9 cm³/mol. The Morgan fingerprint density at radius 3 is 2.62 bits per heavy atom. The molecule has 0 aliphatic rings. The summed E-state index contributed by atoms with van der Waals surface area (Å²) < 4.78 is 2.22. The van der Waals surface area contributed by atoms with Crippen LogP contribution >= 0.6 is 11.8 Å². The molecule has 0 aliphatic heterocycles. The van der Waals surface area contributed by atoms with Gasteiger partial charge in [-0.2, -0.15) is 0 Å². The number of rotatable bonds is 8. The Bertz CT molecular complexity index is 533. The van der Waals surface area contributed by atoms with Gasteiger partial charge in [0, 0.05) is 36.3 Å². The second kappa shape index (κ2) is 8.25.